The molecule has 3 aliphatic rings. The Morgan fingerprint density at radius 2 is 1.82 bits per heavy atom. The second-order valence-corrected chi connectivity index (χ2v) is 9.25. The highest BCUT2D eigenvalue weighted by atomic mass is 15.3. The Hall–Kier alpha value is -1.59. The van der Waals surface area contributed by atoms with Gasteiger partial charge >= 0.3 is 0 Å². The van der Waals surface area contributed by atoms with Gasteiger partial charge in [-0.2, -0.15) is 0 Å². The number of fused-ring (bicyclic) bond motifs is 1. The van der Waals surface area contributed by atoms with Crippen LogP contribution in [0.1, 0.15) is 30.4 Å². The molecule has 1 unspecified atom stereocenters. The van der Waals surface area contributed by atoms with Gasteiger partial charge in [-0.1, -0.05) is 24.3 Å². The topological polar surface area (TPSA) is 34.1 Å². The first-order chi connectivity index (χ1) is 13.6. The molecular formula is C23H37N5. The highest BCUT2D eigenvalue weighted by Crippen LogP contribution is 2.33. The molecule has 0 radical (unpaired) electrons. The second kappa shape index (κ2) is 8.42. The van der Waals surface area contributed by atoms with Crippen molar-refractivity contribution in [3.63, 3.8) is 0 Å². The van der Waals surface area contributed by atoms with E-state index in [0.29, 0.717) is 0 Å². The molecule has 0 saturated carbocycles. The zero-order valence-electron chi connectivity index (χ0n) is 18.0. The number of rotatable bonds is 5. The van der Waals surface area contributed by atoms with Crippen LogP contribution in [-0.4, -0.2) is 86.6 Å². The van der Waals surface area contributed by atoms with E-state index in [1.807, 2.05) is 7.05 Å². The summed E-state index contributed by atoms with van der Waals surface area (Å²) < 4.78 is 0. The van der Waals surface area contributed by atoms with E-state index in [-0.39, 0.29) is 5.54 Å². The predicted octanol–water partition coefficient (Wildman–Crippen LogP) is 2.08. The molecule has 2 saturated heterocycles. The van der Waals surface area contributed by atoms with Crippen LogP contribution < -0.4 is 5.32 Å². The largest absolute Gasteiger partial charge is 0.354 e. The average molecular weight is 384 g/mol. The monoisotopic (exact) mass is 383 g/mol. The van der Waals surface area contributed by atoms with Crippen molar-refractivity contribution >= 4 is 5.96 Å². The van der Waals surface area contributed by atoms with Gasteiger partial charge in [-0.05, 0) is 76.3 Å². The molecule has 0 aromatic heterocycles. The van der Waals surface area contributed by atoms with Gasteiger partial charge in [-0.25, -0.2) is 0 Å². The standard InChI is InChI=1S/C23H37N5/c1-24-22(28-13-10-19(17-28)16-27-11-6-7-12-27)25-18-23(26(2)3)14-20-8-4-5-9-21(20)15-23/h4-5,8-9,19H,6-7,10-18H2,1-3H3,(H,24,25). The summed E-state index contributed by atoms with van der Waals surface area (Å²) in [6.07, 6.45) is 6.28. The number of likely N-dealkylation sites (N-methyl/N-ethyl adjacent to an activating group) is 1. The molecule has 28 heavy (non-hydrogen) atoms. The van der Waals surface area contributed by atoms with Crippen LogP contribution in [0, 0.1) is 5.92 Å². The molecule has 1 aromatic rings. The molecule has 2 fully saturated rings. The van der Waals surface area contributed by atoms with E-state index in [4.69, 9.17) is 0 Å². The van der Waals surface area contributed by atoms with E-state index < -0.39 is 0 Å². The lowest BCUT2D eigenvalue weighted by Crippen LogP contribution is -2.55. The van der Waals surface area contributed by atoms with Crippen LogP contribution >= 0.6 is 0 Å². The van der Waals surface area contributed by atoms with E-state index in [1.165, 1.54) is 50.0 Å². The Morgan fingerprint density at radius 1 is 1.14 bits per heavy atom. The maximum atomic E-state index is 4.64. The molecule has 0 spiro atoms. The maximum absolute atomic E-state index is 4.64. The smallest absolute Gasteiger partial charge is 0.193 e. The third kappa shape index (κ3) is 4.06. The first-order valence-corrected chi connectivity index (χ1v) is 11.0. The van der Waals surface area contributed by atoms with E-state index in [1.54, 1.807) is 0 Å². The molecule has 1 aliphatic carbocycles. The second-order valence-electron chi connectivity index (χ2n) is 9.25. The predicted molar refractivity (Wildman–Crippen MR) is 117 cm³/mol. The molecule has 1 atom stereocenters. The quantitative estimate of drug-likeness (QED) is 0.624. The van der Waals surface area contributed by atoms with Crippen molar-refractivity contribution in [2.24, 2.45) is 10.9 Å². The minimum atomic E-state index is 0.133. The molecule has 2 aliphatic heterocycles. The van der Waals surface area contributed by atoms with E-state index in [2.05, 4.69) is 63.4 Å². The van der Waals surface area contributed by atoms with Crippen molar-refractivity contribution in [2.45, 2.75) is 37.6 Å². The van der Waals surface area contributed by atoms with Crippen molar-refractivity contribution in [3.8, 4) is 0 Å². The van der Waals surface area contributed by atoms with Crippen LogP contribution in [0.5, 0.6) is 0 Å². The fourth-order valence-electron chi connectivity index (χ4n) is 5.35. The highest BCUT2D eigenvalue weighted by Gasteiger charge is 2.39. The third-order valence-corrected chi connectivity index (χ3v) is 7.19. The number of guanidine groups is 1. The van der Waals surface area contributed by atoms with Gasteiger partial charge < -0.3 is 20.0 Å². The Balaban J connectivity index is 1.35. The molecule has 154 valence electrons. The van der Waals surface area contributed by atoms with Gasteiger partial charge in [-0.3, -0.25) is 4.99 Å². The molecule has 5 nitrogen and oxygen atoms in total. The minimum Gasteiger partial charge on any atom is -0.354 e. The summed E-state index contributed by atoms with van der Waals surface area (Å²) >= 11 is 0. The Bertz CT molecular complexity index is 667. The van der Waals surface area contributed by atoms with Gasteiger partial charge in [0.25, 0.3) is 0 Å². The number of nitrogens with zero attached hydrogens (tertiary/aromatic N) is 4. The van der Waals surface area contributed by atoms with Gasteiger partial charge in [0, 0.05) is 38.8 Å². The number of hydrogen-bond acceptors (Lipinski definition) is 3. The fourth-order valence-corrected chi connectivity index (χ4v) is 5.35. The Kier molecular flexibility index (Phi) is 5.93. The highest BCUT2D eigenvalue weighted by molar-refractivity contribution is 5.80. The number of likely N-dealkylation sites (tertiary alicyclic amines) is 2. The minimum absolute atomic E-state index is 0.133. The lowest BCUT2D eigenvalue weighted by Gasteiger charge is -2.37. The lowest BCUT2D eigenvalue weighted by molar-refractivity contribution is 0.163. The van der Waals surface area contributed by atoms with Crippen LogP contribution in [0.3, 0.4) is 0 Å². The van der Waals surface area contributed by atoms with Gasteiger partial charge in [0.2, 0.25) is 0 Å². The third-order valence-electron chi connectivity index (χ3n) is 7.19. The van der Waals surface area contributed by atoms with Crippen LogP contribution in [0.15, 0.2) is 29.3 Å². The Morgan fingerprint density at radius 3 is 2.43 bits per heavy atom. The van der Waals surface area contributed by atoms with Crippen LogP contribution in [0.25, 0.3) is 0 Å². The molecule has 1 N–H and O–H groups in total. The van der Waals surface area contributed by atoms with Crippen molar-refractivity contribution < 1.29 is 0 Å². The van der Waals surface area contributed by atoms with Gasteiger partial charge in [0.05, 0.1) is 0 Å². The van der Waals surface area contributed by atoms with Crippen LogP contribution in [0.4, 0.5) is 0 Å². The molecule has 5 heteroatoms. The van der Waals surface area contributed by atoms with Crippen molar-refractivity contribution in [1.29, 1.82) is 0 Å². The summed E-state index contributed by atoms with van der Waals surface area (Å²) in [5.74, 6) is 1.87. The number of benzene rings is 1. The first-order valence-electron chi connectivity index (χ1n) is 11.0. The van der Waals surface area contributed by atoms with Crippen LogP contribution in [-0.2, 0) is 12.8 Å². The number of aliphatic imine (C=N–C) groups is 1. The zero-order chi connectivity index (χ0) is 19.6. The van der Waals surface area contributed by atoms with Crippen molar-refractivity contribution in [1.82, 2.24) is 20.0 Å². The van der Waals surface area contributed by atoms with Crippen LogP contribution in [0.2, 0.25) is 0 Å². The summed E-state index contributed by atoms with van der Waals surface area (Å²) in [4.78, 5) is 12.2. The van der Waals surface area contributed by atoms with Crippen molar-refractivity contribution in [3.05, 3.63) is 35.4 Å². The molecular weight excluding hydrogens is 346 g/mol. The van der Waals surface area contributed by atoms with Gasteiger partial charge in [-0.15, -0.1) is 0 Å². The van der Waals surface area contributed by atoms with Gasteiger partial charge in [0.15, 0.2) is 5.96 Å². The van der Waals surface area contributed by atoms with Crippen molar-refractivity contribution in [2.75, 3.05) is 60.4 Å². The molecule has 0 amide bonds. The normalized spacial score (nSPS) is 24.9. The summed E-state index contributed by atoms with van der Waals surface area (Å²) in [5, 5.41) is 3.75. The SMILES string of the molecule is CN=C(NCC1(N(C)C)Cc2ccccc2C1)N1CCC(CN2CCCC2)C1. The zero-order valence-corrected chi connectivity index (χ0v) is 18.0. The number of nitrogens with one attached hydrogen (secondary N) is 1. The van der Waals surface area contributed by atoms with E-state index in [9.17, 15) is 0 Å². The molecule has 1 aromatic carbocycles. The van der Waals surface area contributed by atoms with E-state index in [0.717, 1.165) is 44.4 Å². The summed E-state index contributed by atoms with van der Waals surface area (Å²) in [6, 6.07) is 8.92. The summed E-state index contributed by atoms with van der Waals surface area (Å²) in [6.45, 7) is 7.09. The summed E-state index contributed by atoms with van der Waals surface area (Å²) in [5.41, 5.74) is 3.13. The fraction of sp³-hybridized carbons (Fsp3) is 0.696. The molecule has 0 bridgehead atoms. The first kappa shape index (κ1) is 19.7. The van der Waals surface area contributed by atoms with Gasteiger partial charge in [0.1, 0.15) is 0 Å². The Labute approximate surface area is 170 Å². The lowest BCUT2D eigenvalue weighted by atomic mass is 9.94. The molecule has 2 heterocycles. The van der Waals surface area contributed by atoms with E-state index >= 15 is 0 Å². The maximum Gasteiger partial charge on any atom is 0.193 e. The summed E-state index contributed by atoms with van der Waals surface area (Å²) in [7, 11) is 6.37. The molecule has 4 rings (SSSR count). The number of hydrogen-bond donors (Lipinski definition) is 1. The average Bonchev–Trinajstić information content (AvgIpc) is 3.42.